The molecule has 0 saturated carbocycles. The van der Waals surface area contributed by atoms with Gasteiger partial charge in [0.2, 0.25) is 0 Å². The lowest BCUT2D eigenvalue weighted by Gasteiger charge is -2.37. The van der Waals surface area contributed by atoms with Crippen molar-refractivity contribution >= 4 is 5.69 Å². The number of rotatable bonds is 3. The lowest BCUT2D eigenvalue weighted by molar-refractivity contribution is -0.384. The Labute approximate surface area is 113 Å². The molecule has 0 amide bonds. The first-order valence-electron chi connectivity index (χ1n) is 6.49. The highest BCUT2D eigenvalue weighted by atomic mass is 16.6. The van der Waals surface area contributed by atoms with Crippen LogP contribution in [0.5, 0.6) is 0 Å². The van der Waals surface area contributed by atoms with E-state index in [0.29, 0.717) is 5.92 Å². The zero-order chi connectivity index (χ0) is 14.0. The lowest BCUT2D eigenvalue weighted by atomic mass is 9.67. The predicted octanol–water partition coefficient (Wildman–Crippen LogP) is 4.30. The maximum atomic E-state index is 10.8. The molecule has 1 aromatic rings. The third-order valence-corrected chi connectivity index (χ3v) is 3.93. The smallest absolute Gasteiger partial charge is 0.258 e. The number of non-ortho nitro benzene ring substituents is 1. The van der Waals surface area contributed by atoms with Crippen molar-refractivity contribution in [1.29, 1.82) is 0 Å². The van der Waals surface area contributed by atoms with Crippen LogP contribution in [-0.4, -0.2) is 4.92 Å². The summed E-state index contributed by atoms with van der Waals surface area (Å²) in [6.07, 6.45) is 6.06. The number of hydrogen-bond donors (Lipinski definition) is 0. The minimum absolute atomic E-state index is 0.149. The molecule has 3 heteroatoms. The van der Waals surface area contributed by atoms with Crippen LogP contribution in [0.15, 0.2) is 48.6 Å². The van der Waals surface area contributed by atoms with Gasteiger partial charge in [-0.2, -0.15) is 0 Å². The van der Waals surface area contributed by atoms with Gasteiger partial charge in [-0.15, -0.1) is 0 Å². The second kappa shape index (κ2) is 5.00. The first-order valence-corrected chi connectivity index (χ1v) is 6.49. The third kappa shape index (κ3) is 2.92. The molecule has 3 nitrogen and oxygen atoms in total. The van der Waals surface area contributed by atoms with Gasteiger partial charge in [0.05, 0.1) is 4.92 Å². The Balaban J connectivity index is 2.25. The van der Waals surface area contributed by atoms with Crippen LogP contribution in [-0.2, 0) is 6.42 Å². The SMILES string of the molecule is C=C1C=CCC(C)(C)C1Cc1cccc([N+](=O)[O-])c1. The summed E-state index contributed by atoms with van der Waals surface area (Å²) in [7, 11) is 0. The van der Waals surface area contributed by atoms with E-state index < -0.39 is 0 Å². The van der Waals surface area contributed by atoms with Gasteiger partial charge in [0.25, 0.3) is 5.69 Å². The van der Waals surface area contributed by atoms with E-state index in [9.17, 15) is 10.1 Å². The molecule has 1 aliphatic rings. The van der Waals surface area contributed by atoms with Crippen LogP contribution >= 0.6 is 0 Å². The van der Waals surface area contributed by atoms with Crippen LogP contribution in [0.2, 0.25) is 0 Å². The van der Waals surface area contributed by atoms with Crippen LogP contribution < -0.4 is 0 Å². The van der Waals surface area contributed by atoms with Gasteiger partial charge >= 0.3 is 0 Å². The second-order valence-corrected chi connectivity index (χ2v) is 5.85. The van der Waals surface area contributed by atoms with Crippen molar-refractivity contribution in [3.8, 4) is 0 Å². The number of nitro groups is 1. The van der Waals surface area contributed by atoms with Gasteiger partial charge in [-0.25, -0.2) is 0 Å². The Hall–Kier alpha value is -1.90. The summed E-state index contributed by atoms with van der Waals surface area (Å²) in [6.45, 7) is 8.58. The van der Waals surface area contributed by atoms with Crippen LogP contribution in [0.3, 0.4) is 0 Å². The molecule has 0 aromatic heterocycles. The Bertz CT molecular complexity index is 543. The van der Waals surface area contributed by atoms with Gasteiger partial charge < -0.3 is 0 Å². The monoisotopic (exact) mass is 257 g/mol. The summed E-state index contributed by atoms with van der Waals surface area (Å²) < 4.78 is 0. The summed E-state index contributed by atoms with van der Waals surface area (Å²) >= 11 is 0. The van der Waals surface area contributed by atoms with E-state index >= 15 is 0 Å². The molecule has 0 saturated heterocycles. The van der Waals surface area contributed by atoms with E-state index in [0.717, 1.165) is 24.0 Å². The van der Waals surface area contributed by atoms with E-state index in [1.807, 2.05) is 6.07 Å². The molecule has 0 spiro atoms. The largest absolute Gasteiger partial charge is 0.269 e. The van der Waals surface area contributed by atoms with Gasteiger partial charge in [-0.05, 0) is 29.7 Å². The van der Waals surface area contributed by atoms with Crippen molar-refractivity contribution in [2.75, 3.05) is 0 Å². The predicted molar refractivity (Wildman–Crippen MR) is 77.0 cm³/mol. The van der Waals surface area contributed by atoms with Gasteiger partial charge in [0, 0.05) is 12.1 Å². The average Bonchev–Trinajstić information content (AvgIpc) is 2.34. The van der Waals surface area contributed by atoms with E-state index in [-0.39, 0.29) is 16.0 Å². The van der Waals surface area contributed by atoms with Crippen molar-refractivity contribution in [3.63, 3.8) is 0 Å². The maximum absolute atomic E-state index is 10.8. The summed E-state index contributed by atoms with van der Waals surface area (Å²) in [5, 5.41) is 10.8. The standard InChI is InChI=1S/C16H19NO2/c1-12-6-5-9-16(2,3)15(12)11-13-7-4-8-14(10-13)17(18)19/h4-8,10,15H,1,9,11H2,2-3H3. The fourth-order valence-electron chi connectivity index (χ4n) is 2.71. The molecule has 19 heavy (non-hydrogen) atoms. The van der Waals surface area contributed by atoms with Gasteiger partial charge in [-0.1, -0.05) is 50.3 Å². The normalized spacial score (nSPS) is 21.4. The molecule has 2 rings (SSSR count). The molecule has 0 bridgehead atoms. The zero-order valence-corrected chi connectivity index (χ0v) is 11.4. The topological polar surface area (TPSA) is 43.1 Å². The maximum Gasteiger partial charge on any atom is 0.269 e. The Morgan fingerprint density at radius 1 is 1.47 bits per heavy atom. The van der Waals surface area contributed by atoms with Crippen molar-refractivity contribution < 1.29 is 4.92 Å². The molecule has 0 radical (unpaired) electrons. The molecule has 0 heterocycles. The second-order valence-electron chi connectivity index (χ2n) is 5.85. The molecule has 0 aliphatic heterocycles. The molecule has 1 aromatic carbocycles. The van der Waals surface area contributed by atoms with Crippen LogP contribution in [0.25, 0.3) is 0 Å². The molecule has 1 aliphatic carbocycles. The molecule has 0 fully saturated rings. The Morgan fingerprint density at radius 2 is 2.21 bits per heavy atom. The number of benzene rings is 1. The summed E-state index contributed by atoms with van der Waals surface area (Å²) in [6, 6.07) is 6.91. The third-order valence-electron chi connectivity index (χ3n) is 3.93. The van der Waals surface area contributed by atoms with Crippen LogP contribution in [0.1, 0.15) is 25.8 Å². The fourth-order valence-corrected chi connectivity index (χ4v) is 2.71. The van der Waals surface area contributed by atoms with Crippen LogP contribution in [0, 0.1) is 21.4 Å². The van der Waals surface area contributed by atoms with Crippen molar-refractivity contribution in [2.45, 2.75) is 26.7 Å². The average molecular weight is 257 g/mol. The van der Waals surface area contributed by atoms with E-state index in [4.69, 9.17) is 0 Å². The van der Waals surface area contributed by atoms with Crippen molar-refractivity contribution in [3.05, 3.63) is 64.2 Å². The van der Waals surface area contributed by atoms with Crippen LogP contribution in [0.4, 0.5) is 5.69 Å². The first kappa shape index (κ1) is 13.5. The van der Waals surface area contributed by atoms with Gasteiger partial charge in [-0.3, -0.25) is 10.1 Å². The van der Waals surface area contributed by atoms with Gasteiger partial charge in [0.1, 0.15) is 0 Å². The summed E-state index contributed by atoms with van der Waals surface area (Å²) in [5.74, 6) is 0.333. The number of hydrogen-bond acceptors (Lipinski definition) is 2. The Morgan fingerprint density at radius 3 is 2.84 bits per heavy atom. The fraction of sp³-hybridized carbons (Fsp3) is 0.375. The minimum atomic E-state index is -0.343. The van der Waals surface area contributed by atoms with E-state index in [1.165, 1.54) is 6.07 Å². The Kier molecular flexibility index (Phi) is 3.56. The lowest BCUT2D eigenvalue weighted by Crippen LogP contribution is -2.28. The molecular weight excluding hydrogens is 238 g/mol. The number of nitrogens with zero attached hydrogens (tertiary/aromatic N) is 1. The zero-order valence-electron chi connectivity index (χ0n) is 11.4. The van der Waals surface area contributed by atoms with Gasteiger partial charge in [0.15, 0.2) is 0 Å². The molecule has 0 N–H and O–H groups in total. The highest BCUT2D eigenvalue weighted by molar-refractivity contribution is 5.36. The van der Waals surface area contributed by atoms with E-state index in [2.05, 4.69) is 32.6 Å². The van der Waals surface area contributed by atoms with Crippen molar-refractivity contribution in [1.82, 2.24) is 0 Å². The minimum Gasteiger partial charge on any atom is -0.258 e. The highest BCUT2D eigenvalue weighted by Gasteiger charge is 2.32. The summed E-state index contributed by atoms with van der Waals surface area (Å²) in [4.78, 5) is 10.5. The number of nitro benzene ring substituents is 1. The molecular formula is C16H19NO2. The quantitative estimate of drug-likeness (QED) is 0.598. The molecule has 100 valence electrons. The first-order chi connectivity index (χ1) is 8.90. The van der Waals surface area contributed by atoms with E-state index in [1.54, 1.807) is 12.1 Å². The van der Waals surface area contributed by atoms with Crippen molar-refractivity contribution in [2.24, 2.45) is 11.3 Å². The molecule has 1 atom stereocenters. The number of allylic oxidation sites excluding steroid dienone is 3. The summed E-state index contributed by atoms with van der Waals surface area (Å²) in [5.41, 5.74) is 2.43. The molecule has 1 unspecified atom stereocenters. The highest BCUT2D eigenvalue weighted by Crippen LogP contribution is 2.41.